The summed E-state index contributed by atoms with van der Waals surface area (Å²) < 4.78 is 0. The number of benzene rings is 1. The SMILES string of the molecule is C1=CC(c2cncc3[nH]c(-c4n[nH]c5ccc(-c6cncc(CN7CCCC7)c6)cc45)cc23)=CC1. The van der Waals surface area contributed by atoms with Crippen molar-refractivity contribution in [1.29, 1.82) is 0 Å². The summed E-state index contributed by atoms with van der Waals surface area (Å²) in [7, 11) is 0. The summed E-state index contributed by atoms with van der Waals surface area (Å²) in [5.41, 5.74) is 9.87. The molecular formula is C29H26N6. The molecule has 4 aromatic heterocycles. The second kappa shape index (κ2) is 8.32. The Morgan fingerprint density at radius 2 is 1.77 bits per heavy atom. The average molecular weight is 459 g/mol. The van der Waals surface area contributed by atoms with Gasteiger partial charge in [0.15, 0.2) is 0 Å². The molecule has 2 aliphatic rings. The molecule has 1 aliphatic heterocycles. The predicted octanol–water partition coefficient (Wildman–Crippen LogP) is 6.11. The quantitative estimate of drug-likeness (QED) is 0.333. The largest absolute Gasteiger partial charge is 0.352 e. The fourth-order valence-corrected chi connectivity index (χ4v) is 5.40. The van der Waals surface area contributed by atoms with Gasteiger partial charge in [0.1, 0.15) is 5.69 Å². The minimum absolute atomic E-state index is 0.918. The molecule has 2 N–H and O–H groups in total. The van der Waals surface area contributed by atoms with Crippen molar-refractivity contribution < 1.29 is 0 Å². The molecule has 5 aromatic rings. The Kier molecular flexibility index (Phi) is 4.84. The number of rotatable bonds is 5. The molecule has 1 aliphatic carbocycles. The van der Waals surface area contributed by atoms with E-state index in [4.69, 9.17) is 0 Å². The van der Waals surface area contributed by atoms with Gasteiger partial charge in [-0.05, 0) is 73.3 Å². The molecule has 0 saturated carbocycles. The molecular weight excluding hydrogens is 432 g/mol. The Bertz CT molecular complexity index is 1610. The van der Waals surface area contributed by atoms with Crippen molar-refractivity contribution in [2.45, 2.75) is 25.8 Å². The predicted molar refractivity (Wildman–Crippen MR) is 141 cm³/mol. The Balaban J connectivity index is 1.28. The molecule has 0 bridgehead atoms. The molecule has 1 fully saturated rings. The lowest BCUT2D eigenvalue weighted by molar-refractivity contribution is 0.331. The number of nitrogens with one attached hydrogen (secondary N) is 2. The van der Waals surface area contributed by atoms with E-state index >= 15 is 0 Å². The molecule has 0 amide bonds. The van der Waals surface area contributed by atoms with Crippen LogP contribution in [0, 0.1) is 0 Å². The van der Waals surface area contributed by atoms with E-state index in [1.165, 1.54) is 42.5 Å². The van der Waals surface area contributed by atoms with Gasteiger partial charge in [-0.3, -0.25) is 20.0 Å². The summed E-state index contributed by atoms with van der Waals surface area (Å²) in [6, 6.07) is 10.9. The van der Waals surface area contributed by atoms with E-state index in [1.54, 1.807) is 0 Å². The summed E-state index contributed by atoms with van der Waals surface area (Å²) in [5, 5.41) is 10.1. The zero-order valence-corrected chi connectivity index (χ0v) is 19.5. The number of aromatic nitrogens is 5. The first-order chi connectivity index (χ1) is 17.3. The molecule has 5 heterocycles. The van der Waals surface area contributed by atoms with E-state index in [2.05, 4.69) is 78.6 Å². The van der Waals surface area contributed by atoms with Gasteiger partial charge < -0.3 is 4.98 Å². The number of hydrogen-bond donors (Lipinski definition) is 2. The van der Waals surface area contributed by atoms with E-state index < -0.39 is 0 Å². The zero-order valence-electron chi connectivity index (χ0n) is 19.5. The molecule has 172 valence electrons. The van der Waals surface area contributed by atoms with Gasteiger partial charge in [0.05, 0.1) is 22.9 Å². The zero-order chi connectivity index (χ0) is 23.2. The maximum Gasteiger partial charge on any atom is 0.116 e. The standard InChI is InChI=1S/C29H26N6/c1-2-6-20(5-1)25-16-31-17-28-23(25)13-27(32-28)29-24-12-21(7-8-26(24)33-34-29)22-11-19(14-30-15-22)18-35-9-3-4-10-35/h1,5-8,11-17,32H,2-4,9-10,18H2,(H,33,34). The monoisotopic (exact) mass is 458 g/mol. The van der Waals surface area contributed by atoms with Crippen LogP contribution in [0.25, 0.3) is 49.9 Å². The number of nitrogens with zero attached hydrogens (tertiary/aromatic N) is 4. The lowest BCUT2D eigenvalue weighted by Gasteiger charge is -2.14. The van der Waals surface area contributed by atoms with Crippen molar-refractivity contribution in [3.8, 4) is 22.5 Å². The van der Waals surface area contributed by atoms with Gasteiger partial charge in [-0.1, -0.05) is 24.3 Å². The maximum atomic E-state index is 4.68. The Morgan fingerprint density at radius 3 is 2.66 bits per heavy atom. The first kappa shape index (κ1) is 20.4. The van der Waals surface area contributed by atoms with Crippen LogP contribution in [0.3, 0.4) is 0 Å². The molecule has 0 spiro atoms. The van der Waals surface area contributed by atoms with Crippen LogP contribution in [0.15, 0.2) is 73.3 Å². The van der Waals surface area contributed by atoms with Crippen LogP contribution in [0.1, 0.15) is 30.4 Å². The number of allylic oxidation sites excluding steroid dienone is 4. The van der Waals surface area contributed by atoms with Crippen molar-refractivity contribution in [2.75, 3.05) is 13.1 Å². The van der Waals surface area contributed by atoms with Crippen LogP contribution in [0.4, 0.5) is 0 Å². The van der Waals surface area contributed by atoms with Crippen molar-refractivity contribution >= 4 is 27.4 Å². The molecule has 6 nitrogen and oxygen atoms in total. The molecule has 7 rings (SSSR count). The molecule has 35 heavy (non-hydrogen) atoms. The minimum Gasteiger partial charge on any atom is -0.352 e. The molecule has 1 saturated heterocycles. The normalized spacial score (nSPS) is 16.1. The lowest BCUT2D eigenvalue weighted by Crippen LogP contribution is -2.18. The van der Waals surface area contributed by atoms with Crippen LogP contribution in [-0.2, 0) is 6.54 Å². The van der Waals surface area contributed by atoms with Crippen LogP contribution < -0.4 is 0 Å². The van der Waals surface area contributed by atoms with E-state index in [0.29, 0.717) is 0 Å². The van der Waals surface area contributed by atoms with Gasteiger partial charge in [0.25, 0.3) is 0 Å². The highest BCUT2D eigenvalue weighted by Crippen LogP contribution is 2.34. The third-order valence-electron chi connectivity index (χ3n) is 7.18. The second-order valence-electron chi connectivity index (χ2n) is 9.53. The number of fused-ring (bicyclic) bond motifs is 2. The Morgan fingerprint density at radius 1 is 0.857 bits per heavy atom. The van der Waals surface area contributed by atoms with E-state index in [0.717, 1.165) is 57.5 Å². The van der Waals surface area contributed by atoms with Crippen LogP contribution in [0.2, 0.25) is 0 Å². The summed E-state index contributed by atoms with van der Waals surface area (Å²) in [6.45, 7) is 3.34. The maximum absolute atomic E-state index is 4.68. The van der Waals surface area contributed by atoms with Gasteiger partial charge in [0.2, 0.25) is 0 Å². The van der Waals surface area contributed by atoms with Crippen molar-refractivity contribution in [1.82, 2.24) is 30.0 Å². The van der Waals surface area contributed by atoms with Crippen molar-refractivity contribution in [3.05, 3.63) is 84.5 Å². The third-order valence-corrected chi connectivity index (χ3v) is 7.18. The van der Waals surface area contributed by atoms with Gasteiger partial charge in [-0.2, -0.15) is 5.10 Å². The van der Waals surface area contributed by atoms with Gasteiger partial charge in [-0.15, -0.1) is 0 Å². The lowest BCUT2D eigenvalue weighted by atomic mass is 10.0. The van der Waals surface area contributed by atoms with Crippen molar-refractivity contribution in [2.24, 2.45) is 0 Å². The molecule has 1 aromatic carbocycles. The van der Waals surface area contributed by atoms with Crippen LogP contribution >= 0.6 is 0 Å². The highest BCUT2D eigenvalue weighted by molar-refractivity contribution is 6.01. The fourth-order valence-electron chi connectivity index (χ4n) is 5.40. The molecule has 0 atom stereocenters. The highest BCUT2D eigenvalue weighted by Gasteiger charge is 2.16. The second-order valence-corrected chi connectivity index (χ2v) is 9.53. The Labute approximate surface area is 203 Å². The van der Waals surface area contributed by atoms with E-state index in [-0.39, 0.29) is 0 Å². The van der Waals surface area contributed by atoms with Gasteiger partial charge >= 0.3 is 0 Å². The minimum atomic E-state index is 0.918. The summed E-state index contributed by atoms with van der Waals surface area (Å²) in [5.74, 6) is 0. The molecule has 0 unspecified atom stereocenters. The number of likely N-dealkylation sites (tertiary alicyclic amines) is 1. The average Bonchev–Trinajstić information content (AvgIpc) is 3.70. The summed E-state index contributed by atoms with van der Waals surface area (Å²) in [4.78, 5) is 15.1. The smallest absolute Gasteiger partial charge is 0.116 e. The Hall–Kier alpha value is -4.03. The summed E-state index contributed by atoms with van der Waals surface area (Å²) in [6.07, 6.45) is 18.0. The first-order valence-corrected chi connectivity index (χ1v) is 12.3. The first-order valence-electron chi connectivity index (χ1n) is 12.3. The van der Waals surface area contributed by atoms with E-state index in [1.807, 2.05) is 24.8 Å². The molecule has 6 heteroatoms. The number of H-pyrrole nitrogens is 2. The van der Waals surface area contributed by atoms with Crippen LogP contribution in [-0.4, -0.2) is 43.1 Å². The number of hydrogen-bond acceptors (Lipinski definition) is 4. The van der Waals surface area contributed by atoms with E-state index in [9.17, 15) is 0 Å². The highest BCUT2D eigenvalue weighted by atomic mass is 15.1. The number of pyridine rings is 2. The van der Waals surface area contributed by atoms with Gasteiger partial charge in [0, 0.05) is 47.0 Å². The van der Waals surface area contributed by atoms with Gasteiger partial charge in [-0.25, -0.2) is 0 Å². The number of aromatic amines is 2. The van der Waals surface area contributed by atoms with Crippen LogP contribution in [0.5, 0.6) is 0 Å². The third kappa shape index (κ3) is 3.67. The van der Waals surface area contributed by atoms with Crippen molar-refractivity contribution in [3.63, 3.8) is 0 Å². The topological polar surface area (TPSA) is 73.5 Å². The fraction of sp³-hybridized carbons (Fsp3) is 0.207. The molecule has 0 radical (unpaired) electrons. The summed E-state index contributed by atoms with van der Waals surface area (Å²) >= 11 is 0.